The highest BCUT2D eigenvalue weighted by molar-refractivity contribution is 6.30. The molecule has 0 saturated carbocycles. The normalized spacial score (nSPS) is 10.9. The Hall–Kier alpha value is -0.870. The lowest BCUT2D eigenvalue weighted by Crippen LogP contribution is -2.31. The molecule has 0 bridgehead atoms. The Kier molecular flexibility index (Phi) is 4.10. The van der Waals surface area contributed by atoms with E-state index in [2.05, 4.69) is 24.1 Å². The van der Waals surface area contributed by atoms with E-state index in [9.17, 15) is 4.79 Å². The maximum Gasteiger partial charge on any atom is 0.347 e. The molecule has 0 atom stereocenters. The lowest BCUT2D eigenvalue weighted by atomic mass is 10.4. The predicted octanol–water partition coefficient (Wildman–Crippen LogP) is 0.895. The Morgan fingerprint density at radius 2 is 2.36 bits per heavy atom. The van der Waals surface area contributed by atoms with Gasteiger partial charge in [-0.15, -0.1) is 0 Å². The first-order chi connectivity index (χ1) is 6.59. The fraction of sp³-hybridized carbons (Fsp3) is 0.556. The van der Waals surface area contributed by atoms with Gasteiger partial charge in [-0.1, -0.05) is 25.4 Å². The zero-order valence-electron chi connectivity index (χ0n) is 8.33. The second kappa shape index (κ2) is 5.12. The topological polar surface area (TPSA) is 46.9 Å². The van der Waals surface area contributed by atoms with E-state index in [0.717, 1.165) is 6.54 Å². The average molecular weight is 216 g/mol. The Morgan fingerprint density at radius 3 is 3.00 bits per heavy atom. The summed E-state index contributed by atoms with van der Waals surface area (Å²) >= 11 is 5.72. The minimum atomic E-state index is -0.264. The molecule has 0 saturated heterocycles. The first-order valence-corrected chi connectivity index (χ1v) is 4.93. The quantitative estimate of drug-likeness (QED) is 0.812. The number of nitrogens with one attached hydrogen (secondary N) is 1. The molecule has 0 aliphatic rings. The summed E-state index contributed by atoms with van der Waals surface area (Å²) in [6.45, 7) is 5.43. The SMILES string of the molecule is CC(C)NCCn1cc(Cl)cnc1=O. The van der Waals surface area contributed by atoms with Crippen molar-refractivity contribution in [3.8, 4) is 0 Å². The standard InChI is InChI=1S/C9H14ClN3O/c1-7(2)11-3-4-13-6-8(10)5-12-9(13)14/h5-7,11H,3-4H2,1-2H3. The van der Waals surface area contributed by atoms with Crippen molar-refractivity contribution in [2.45, 2.75) is 26.4 Å². The minimum absolute atomic E-state index is 0.264. The van der Waals surface area contributed by atoms with Crippen molar-refractivity contribution in [2.24, 2.45) is 0 Å². The van der Waals surface area contributed by atoms with Crippen LogP contribution in [0.5, 0.6) is 0 Å². The van der Waals surface area contributed by atoms with Gasteiger partial charge in [0.05, 0.1) is 11.2 Å². The van der Waals surface area contributed by atoms with Gasteiger partial charge in [0, 0.05) is 25.3 Å². The lowest BCUT2D eigenvalue weighted by Gasteiger charge is -2.09. The molecular formula is C9H14ClN3O. The van der Waals surface area contributed by atoms with Gasteiger partial charge in [0.2, 0.25) is 0 Å². The van der Waals surface area contributed by atoms with Gasteiger partial charge >= 0.3 is 5.69 Å². The molecule has 1 aromatic rings. The van der Waals surface area contributed by atoms with Gasteiger partial charge in [0.15, 0.2) is 0 Å². The van der Waals surface area contributed by atoms with Crippen LogP contribution >= 0.6 is 11.6 Å². The van der Waals surface area contributed by atoms with Crippen LogP contribution in [0.3, 0.4) is 0 Å². The fourth-order valence-electron chi connectivity index (χ4n) is 1.06. The van der Waals surface area contributed by atoms with Crippen molar-refractivity contribution in [2.75, 3.05) is 6.54 Å². The molecule has 1 heterocycles. The molecule has 0 fully saturated rings. The van der Waals surface area contributed by atoms with Gasteiger partial charge < -0.3 is 5.32 Å². The molecule has 14 heavy (non-hydrogen) atoms. The van der Waals surface area contributed by atoms with E-state index in [0.29, 0.717) is 17.6 Å². The van der Waals surface area contributed by atoms with Crippen molar-refractivity contribution in [1.82, 2.24) is 14.9 Å². The van der Waals surface area contributed by atoms with E-state index in [1.54, 1.807) is 6.20 Å². The molecule has 4 nitrogen and oxygen atoms in total. The van der Waals surface area contributed by atoms with Crippen molar-refractivity contribution < 1.29 is 0 Å². The van der Waals surface area contributed by atoms with E-state index < -0.39 is 0 Å². The largest absolute Gasteiger partial charge is 0.347 e. The number of halogens is 1. The fourth-order valence-corrected chi connectivity index (χ4v) is 1.23. The van der Waals surface area contributed by atoms with Crippen LogP contribution in [0.15, 0.2) is 17.2 Å². The third kappa shape index (κ3) is 3.47. The van der Waals surface area contributed by atoms with Gasteiger partial charge in [-0.2, -0.15) is 0 Å². The zero-order chi connectivity index (χ0) is 10.6. The summed E-state index contributed by atoms with van der Waals surface area (Å²) in [6.07, 6.45) is 2.95. The highest BCUT2D eigenvalue weighted by atomic mass is 35.5. The van der Waals surface area contributed by atoms with E-state index >= 15 is 0 Å². The van der Waals surface area contributed by atoms with Gasteiger partial charge in [-0.25, -0.2) is 9.78 Å². The van der Waals surface area contributed by atoms with Crippen LogP contribution in [0.4, 0.5) is 0 Å². The molecule has 78 valence electrons. The first-order valence-electron chi connectivity index (χ1n) is 4.55. The number of nitrogens with zero attached hydrogens (tertiary/aromatic N) is 2. The predicted molar refractivity (Wildman–Crippen MR) is 56.6 cm³/mol. The Bertz CT molecular complexity index is 348. The minimum Gasteiger partial charge on any atom is -0.313 e. The van der Waals surface area contributed by atoms with Crippen LogP contribution in [0.25, 0.3) is 0 Å². The molecule has 1 rings (SSSR count). The van der Waals surface area contributed by atoms with Crippen molar-refractivity contribution in [3.63, 3.8) is 0 Å². The van der Waals surface area contributed by atoms with Crippen molar-refractivity contribution in [1.29, 1.82) is 0 Å². The van der Waals surface area contributed by atoms with E-state index in [1.807, 2.05) is 0 Å². The summed E-state index contributed by atoms with van der Waals surface area (Å²) < 4.78 is 1.50. The maximum absolute atomic E-state index is 11.2. The molecule has 0 amide bonds. The highest BCUT2D eigenvalue weighted by Gasteiger charge is 1.98. The molecule has 0 unspecified atom stereocenters. The Balaban J connectivity index is 2.58. The van der Waals surface area contributed by atoms with E-state index in [-0.39, 0.29) is 5.69 Å². The van der Waals surface area contributed by atoms with Crippen molar-refractivity contribution in [3.05, 3.63) is 27.9 Å². The molecular weight excluding hydrogens is 202 g/mol. The summed E-state index contributed by atoms with van der Waals surface area (Å²) in [6, 6.07) is 0.415. The second-order valence-corrected chi connectivity index (χ2v) is 3.79. The number of hydrogen-bond donors (Lipinski definition) is 1. The summed E-state index contributed by atoms with van der Waals surface area (Å²) in [5, 5.41) is 3.69. The maximum atomic E-state index is 11.2. The molecule has 0 aliphatic carbocycles. The van der Waals surface area contributed by atoms with Gasteiger partial charge in [-0.05, 0) is 0 Å². The molecule has 0 aliphatic heterocycles. The van der Waals surface area contributed by atoms with Crippen molar-refractivity contribution >= 4 is 11.6 Å². The number of hydrogen-bond acceptors (Lipinski definition) is 3. The Labute approximate surface area is 87.9 Å². The van der Waals surface area contributed by atoms with Crippen LogP contribution in [0.1, 0.15) is 13.8 Å². The van der Waals surface area contributed by atoms with E-state index in [4.69, 9.17) is 11.6 Å². The molecule has 1 N–H and O–H groups in total. The summed E-state index contributed by atoms with van der Waals surface area (Å²) in [7, 11) is 0. The molecule has 0 radical (unpaired) electrons. The molecule has 0 aromatic carbocycles. The van der Waals surface area contributed by atoms with E-state index in [1.165, 1.54) is 10.8 Å². The van der Waals surface area contributed by atoms with Crippen LogP contribution in [0, 0.1) is 0 Å². The van der Waals surface area contributed by atoms with Gasteiger partial charge in [-0.3, -0.25) is 4.57 Å². The zero-order valence-corrected chi connectivity index (χ0v) is 9.08. The third-order valence-corrected chi connectivity index (χ3v) is 1.92. The lowest BCUT2D eigenvalue weighted by molar-refractivity contribution is 0.529. The second-order valence-electron chi connectivity index (χ2n) is 3.36. The highest BCUT2D eigenvalue weighted by Crippen LogP contribution is 2.00. The summed E-state index contributed by atoms with van der Waals surface area (Å²) in [5.74, 6) is 0. The monoisotopic (exact) mass is 215 g/mol. The number of rotatable bonds is 4. The van der Waals surface area contributed by atoms with Crippen LogP contribution in [0.2, 0.25) is 5.02 Å². The van der Waals surface area contributed by atoms with Gasteiger partial charge in [0.1, 0.15) is 0 Å². The molecule has 1 aromatic heterocycles. The van der Waals surface area contributed by atoms with Crippen LogP contribution < -0.4 is 11.0 Å². The smallest absolute Gasteiger partial charge is 0.313 e. The van der Waals surface area contributed by atoms with Gasteiger partial charge in [0.25, 0.3) is 0 Å². The average Bonchev–Trinajstić information content (AvgIpc) is 2.10. The molecule has 5 heteroatoms. The third-order valence-electron chi connectivity index (χ3n) is 1.73. The van der Waals surface area contributed by atoms with Crippen LogP contribution in [-0.2, 0) is 6.54 Å². The first kappa shape index (κ1) is 11.2. The molecule has 0 spiro atoms. The summed E-state index contributed by atoms with van der Waals surface area (Å²) in [5.41, 5.74) is -0.264. The van der Waals surface area contributed by atoms with Crippen LogP contribution in [-0.4, -0.2) is 22.1 Å². The Morgan fingerprint density at radius 1 is 1.64 bits per heavy atom. The summed E-state index contributed by atoms with van der Waals surface area (Å²) in [4.78, 5) is 14.8. The number of aromatic nitrogens is 2.